The Bertz CT molecular complexity index is 358. The third-order valence-corrected chi connectivity index (χ3v) is 2.34. The molecule has 80 valence electrons. The van der Waals surface area contributed by atoms with Crippen molar-refractivity contribution in [3.63, 3.8) is 0 Å². The summed E-state index contributed by atoms with van der Waals surface area (Å²) in [5.41, 5.74) is 0.0882. The lowest BCUT2D eigenvalue weighted by Gasteiger charge is -2.05. The molecule has 0 atom stereocenters. The van der Waals surface area contributed by atoms with Crippen molar-refractivity contribution in [1.82, 2.24) is 0 Å². The average molecular weight is 223 g/mol. The first-order chi connectivity index (χ1) is 7.27. The van der Waals surface area contributed by atoms with E-state index in [1.807, 2.05) is 17.5 Å². The number of thiophene rings is 1. The molecule has 0 saturated heterocycles. The number of carbonyl (C=O) groups is 1. The molecule has 0 fully saturated rings. The molecule has 1 N–H and O–H groups in total. The largest absolute Gasteiger partial charge is 0.810 e. The Morgan fingerprint density at radius 3 is 3.07 bits per heavy atom. The molecule has 1 aromatic rings. The Morgan fingerprint density at radius 1 is 1.73 bits per heavy atom. The summed E-state index contributed by atoms with van der Waals surface area (Å²) >= 11 is 1.50. The second-order valence-corrected chi connectivity index (χ2v) is 3.52. The van der Waals surface area contributed by atoms with Gasteiger partial charge in [0.25, 0.3) is 0 Å². The molecule has 15 heavy (non-hydrogen) atoms. The van der Waals surface area contributed by atoms with E-state index in [1.54, 1.807) is 6.92 Å². The summed E-state index contributed by atoms with van der Waals surface area (Å²) in [4.78, 5) is 11.2. The molecule has 1 rings (SSSR count). The van der Waals surface area contributed by atoms with E-state index in [2.05, 4.69) is 5.32 Å². The number of hydrogen-bond acceptors (Lipinski definition) is 4. The molecule has 0 aliphatic carbocycles. The fourth-order valence-electron chi connectivity index (χ4n) is 0.873. The Morgan fingerprint density at radius 2 is 2.53 bits per heavy atom. The Balaban J connectivity index is 2.62. The number of carbonyl (C=O) groups excluding carboxylic acids is 1. The minimum Gasteiger partial charge on any atom is -0.810 e. The van der Waals surface area contributed by atoms with Crippen LogP contribution in [0.25, 0.3) is 5.41 Å². The standard InChI is InChI=1S/C10H11N2O2S/c1-2-14-10(13)8(6-11)7-12-9-4-3-5-15-9/h3-7,12H,2H2,1H3/q-1/b8-7+. The molecule has 0 radical (unpaired) electrons. The molecule has 0 aliphatic heterocycles. The maximum Gasteiger partial charge on any atom is 0.337 e. The van der Waals surface area contributed by atoms with Crippen LogP contribution in [0.4, 0.5) is 5.00 Å². The van der Waals surface area contributed by atoms with E-state index >= 15 is 0 Å². The van der Waals surface area contributed by atoms with Gasteiger partial charge in [0.15, 0.2) is 0 Å². The number of nitrogens with one attached hydrogen (secondary N) is 1. The van der Waals surface area contributed by atoms with Crippen LogP contribution in [0.1, 0.15) is 6.92 Å². The van der Waals surface area contributed by atoms with Crippen LogP contribution < -0.4 is 5.32 Å². The summed E-state index contributed by atoms with van der Waals surface area (Å²) in [5.74, 6) is -0.552. The van der Waals surface area contributed by atoms with Crippen LogP contribution in [0, 0.1) is 0 Å². The predicted octanol–water partition coefficient (Wildman–Crippen LogP) is 2.25. The lowest BCUT2D eigenvalue weighted by Crippen LogP contribution is -2.09. The lowest BCUT2D eigenvalue weighted by atomic mass is 10.3. The van der Waals surface area contributed by atoms with E-state index in [1.165, 1.54) is 17.5 Å². The van der Waals surface area contributed by atoms with Crippen molar-refractivity contribution in [2.45, 2.75) is 6.92 Å². The zero-order valence-electron chi connectivity index (χ0n) is 8.27. The van der Waals surface area contributed by atoms with Gasteiger partial charge in [0.05, 0.1) is 17.2 Å². The van der Waals surface area contributed by atoms with Gasteiger partial charge < -0.3 is 15.5 Å². The zero-order valence-corrected chi connectivity index (χ0v) is 9.08. The molecule has 4 nitrogen and oxygen atoms in total. The van der Waals surface area contributed by atoms with E-state index in [-0.39, 0.29) is 12.2 Å². The van der Waals surface area contributed by atoms with Crippen molar-refractivity contribution in [2.75, 3.05) is 11.9 Å². The van der Waals surface area contributed by atoms with E-state index in [9.17, 15) is 4.79 Å². The van der Waals surface area contributed by atoms with Crippen LogP contribution in [0.2, 0.25) is 0 Å². The highest BCUT2D eigenvalue weighted by molar-refractivity contribution is 7.14. The number of anilines is 1. The van der Waals surface area contributed by atoms with Gasteiger partial charge in [-0.25, -0.2) is 4.79 Å². The van der Waals surface area contributed by atoms with Crippen LogP contribution in [-0.4, -0.2) is 18.8 Å². The fraction of sp³-hybridized carbons (Fsp3) is 0.200. The Labute approximate surface area is 92.1 Å². The first kappa shape index (κ1) is 11.5. The molecule has 0 spiro atoms. The van der Waals surface area contributed by atoms with Crippen LogP contribution in [-0.2, 0) is 9.53 Å². The van der Waals surface area contributed by atoms with Crippen molar-refractivity contribution in [1.29, 1.82) is 0 Å². The van der Waals surface area contributed by atoms with Gasteiger partial charge in [0, 0.05) is 6.20 Å². The first-order valence-corrected chi connectivity index (χ1v) is 5.30. The summed E-state index contributed by atoms with van der Waals surface area (Å²) in [5, 5.41) is 14.5. The van der Waals surface area contributed by atoms with Crippen molar-refractivity contribution in [3.05, 3.63) is 34.7 Å². The molecular formula is C10H11N2O2S-. The van der Waals surface area contributed by atoms with E-state index in [4.69, 9.17) is 10.1 Å². The summed E-state index contributed by atoms with van der Waals surface area (Å²) in [6.45, 7) is 1.99. The summed E-state index contributed by atoms with van der Waals surface area (Å²) in [6, 6.07) is 3.74. The van der Waals surface area contributed by atoms with Crippen LogP contribution in [0.3, 0.4) is 0 Å². The topological polar surface area (TPSA) is 60.6 Å². The van der Waals surface area contributed by atoms with Crippen molar-refractivity contribution in [2.24, 2.45) is 0 Å². The SMILES string of the molecule is CCOC(=O)/C(C=[N-])=C/Nc1cccs1. The Kier molecular flexibility index (Phi) is 4.56. The third kappa shape index (κ3) is 3.55. The molecule has 1 heterocycles. The summed E-state index contributed by atoms with van der Waals surface area (Å²) < 4.78 is 4.73. The second kappa shape index (κ2) is 5.98. The smallest absolute Gasteiger partial charge is 0.337 e. The van der Waals surface area contributed by atoms with Gasteiger partial charge >= 0.3 is 5.97 Å². The van der Waals surface area contributed by atoms with Crippen LogP contribution in [0.5, 0.6) is 0 Å². The van der Waals surface area contributed by atoms with Gasteiger partial charge in [-0.05, 0) is 24.4 Å². The molecule has 1 aromatic heterocycles. The number of hydrogen-bond donors (Lipinski definition) is 1. The summed E-state index contributed by atoms with van der Waals surface area (Å²) in [6.07, 6.45) is 2.13. The highest BCUT2D eigenvalue weighted by Gasteiger charge is 2.03. The lowest BCUT2D eigenvalue weighted by molar-refractivity contribution is -0.137. The zero-order chi connectivity index (χ0) is 11.1. The number of nitrogens with zero attached hydrogens (tertiary/aromatic N) is 1. The molecule has 0 saturated carbocycles. The van der Waals surface area contributed by atoms with Crippen LogP contribution >= 0.6 is 11.3 Å². The minimum atomic E-state index is -0.552. The number of rotatable bonds is 5. The van der Waals surface area contributed by atoms with E-state index in [0.717, 1.165) is 11.2 Å². The van der Waals surface area contributed by atoms with Gasteiger partial charge in [-0.3, -0.25) is 0 Å². The quantitative estimate of drug-likeness (QED) is 0.473. The molecule has 0 bridgehead atoms. The average Bonchev–Trinajstić information content (AvgIpc) is 2.72. The van der Waals surface area contributed by atoms with Gasteiger partial charge in [0.2, 0.25) is 0 Å². The molecular weight excluding hydrogens is 212 g/mol. The number of esters is 1. The Hall–Kier alpha value is -1.62. The van der Waals surface area contributed by atoms with Crippen molar-refractivity contribution >= 4 is 28.5 Å². The van der Waals surface area contributed by atoms with Gasteiger partial charge in [-0.1, -0.05) is 0 Å². The van der Waals surface area contributed by atoms with E-state index in [0.29, 0.717) is 0 Å². The van der Waals surface area contributed by atoms with E-state index < -0.39 is 5.97 Å². The molecule has 0 aliphatic rings. The van der Waals surface area contributed by atoms with Crippen LogP contribution in [0.15, 0.2) is 29.3 Å². The van der Waals surface area contributed by atoms with Crippen molar-refractivity contribution in [3.8, 4) is 0 Å². The maximum absolute atomic E-state index is 11.2. The highest BCUT2D eigenvalue weighted by Crippen LogP contribution is 2.15. The molecule has 5 heteroatoms. The molecule has 0 amide bonds. The fourth-order valence-corrected chi connectivity index (χ4v) is 1.46. The monoisotopic (exact) mass is 223 g/mol. The van der Waals surface area contributed by atoms with Gasteiger partial charge in [0.1, 0.15) is 0 Å². The summed E-state index contributed by atoms with van der Waals surface area (Å²) in [7, 11) is 0. The van der Waals surface area contributed by atoms with Gasteiger partial charge in [-0.2, -0.15) is 6.21 Å². The van der Waals surface area contributed by atoms with Gasteiger partial charge in [-0.15, -0.1) is 11.3 Å². The van der Waals surface area contributed by atoms with Crippen molar-refractivity contribution < 1.29 is 9.53 Å². The molecule has 0 aromatic carbocycles. The third-order valence-electron chi connectivity index (χ3n) is 1.54. The first-order valence-electron chi connectivity index (χ1n) is 4.42. The highest BCUT2D eigenvalue weighted by atomic mass is 32.1. The normalized spacial score (nSPS) is 10.9. The predicted molar refractivity (Wildman–Crippen MR) is 62.1 cm³/mol. The molecule has 0 unspecified atom stereocenters. The minimum absolute atomic E-state index is 0.0882. The maximum atomic E-state index is 11.2. The second-order valence-electron chi connectivity index (χ2n) is 2.57. The number of ether oxygens (including phenoxy) is 1.